The van der Waals surface area contributed by atoms with Crippen LogP contribution >= 0.6 is 0 Å². The second-order valence-electron chi connectivity index (χ2n) is 4.13. The van der Waals surface area contributed by atoms with Gasteiger partial charge in [0.05, 0.1) is 12.1 Å². The number of hydrogen-bond acceptors (Lipinski definition) is 2. The maximum atomic E-state index is 11.7. The van der Waals surface area contributed by atoms with Crippen LogP contribution in [0.25, 0.3) is 0 Å². The van der Waals surface area contributed by atoms with Crippen molar-refractivity contribution < 1.29 is 9.59 Å². The van der Waals surface area contributed by atoms with Crippen LogP contribution in [0.15, 0.2) is 12.1 Å². The fraction of sp³-hybridized carbons (Fsp3) is 0.333. The highest BCUT2D eigenvalue weighted by atomic mass is 16.2. The van der Waals surface area contributed by atoms with E-state index in [4.69, 9.17) is 0 Å². The molecule has 0 saturated heterocycles. The Morgan fingerprint density at radius 2 is 2.07 bits per heavy atom. The molecule has 3 rings (SSSR count). The molecule has 3 nitrogen and oxygen atoms in total. The summed E-state index contributed by atoms with van der Waals surface area (Å²) < 4.78 is 0. The van der Waals surface area contributed by atoms with Crippen molar-refractivity contribution in [3.8, 4) is 0 Å². The number of carbonyl (C=O) groups excluding carboxylic acids is 2. The molecule has 0 saturated carbocycles. The Bertz CT molecular complexity index is 465. The lowest BCUT2D eigenvalue weighted by molar-refractivity contribution is -0.117. The fourth-order valence-electron chi connectivity index (χ4n) is 2.57. The van der Waals surface area contributed by atoms with Crippen molar-refractivity contribution >= 4 is 17.9 Å². The van der Waals surface area contributed by atoms with Gasteiger partial charge in [0.1, 0.15) is 6.29 Å². The zero-order chi connectivity index (χ0) is 10.4. The molecule has 1 aromatic rings. The Balaban J connectivity index is 2.24. The minimum absolute atomic E-state index is 0.175. The SMILES string of the molecule is O=Cc1cc2c3c(c1)CC(=O)N3CCC2. The zero-order valence-corrected chi connectivity index (χ0v) is 8.32. The number of amides is 1. The van der Waals surface area contributed by atoms with Crippen molar-refractivity contribution in [2.24, 2.45) is 0 Å². The molecular formula is C12H11NO2. The van der Waals surface area contributed by atoms with E-state index < -0.39 is 0 Å². The van der Waals surface area contributed by atoms with Gasteiger partial charge in [-0.3, -0.25) is 9.59 Å². The van der Waals surface area contributed by atoms with Crippen LogP contribution in [-0.2, 0) is 17.6 Å². The summed E-state index contributed by atoms with van der Waals surface area (Å²) in [6.45, 7) is 0.833. The average molecular weight is 201 g/mol. The van der Waals surface area contributed by atoms with Crippen LogP contribution in [0.2, 0.25) is 0 Å². The number of aldehydes is 1. The third-order valence-electron chi connectivity index (χ3n) is 3.17. The highest BCUT2D eigenvalue weighted by Crippen LogP contribution is 2.37. The minimum Gasteiger partial charge on any atom is -0.312 e. The van der Waals surface area contributed by atoms with Crippen molar-refractivity contribution in [2.45, 2.75) is 19.3 Å². The Morgan fingerprint density at radius 1 is 1.27 bits per heavy atom. The molecule has 2 aliphatic heterocycles. The summed E-state index contributed by atoms with van der Waals surface area (Å²) in [7, 11) is 0. The van der Waals surface area contributed by atoms with E-state index in [1.807, 2.05) is 17.0 Å². The number of hydrogen-bond donors (Lipinski definition) is 0. The van der Waals surface area contributed by atoms with Gasteiger partial charge in [-0.25, -0.2) is 0 Å². The molecule has 0 aliphatic carbocycles. The first kappa shape index (κ1) is 8.65. The monoisotopic (exact) mass is 201 g/mol. The molecule has 76 valence electrons. The Morgan fingerprint density at radius 3 is 2.87 bits per heavy atom. The molecule has 15 heavy (non-hydrogen) atoms. The standard InChI is InChI=1S/C12H11NO2/c14-7-8-4-9-2-1-3-13-11(15)6-10(5-8)12(9)13/h4-5,7H,1-3,6H2. The summed E-state index contributed by atoms with van der Waals surface area (Å²) in [6, 6.07) is 3.76. The number of aryl methyl sites for hydroxylation is 1. The van der Waals surface area contributed by atoms with Crippen molar-refractivity contribution in [1.29, 1.82) is 0 Å². The molecule has 3 heteroatoms. The zero-order valence-electron chi connectivity index (χ0n) is 8.32. The van der Waals surface area contributed by atoms with Gasteiger partial charge in [0.15, 0.2) is 0 Å². The van der Waals surface area contributed by atoms with Crippen molar-refractivity contribution in [1.82, 2.24) is 0 Å². The fourth-order valence-corrected chi connectivity index (χ4v) is 2.57. The summed E-state index contributed by atoms with van der Waals surface area (Å²) >= 11 is 0. The van der Waals surface area contributed by atoms with Crippen LogP contribution in [0.5, 0.6) is 0 Å². The molecule has 0 spiro atoms. The van der Waals surface area contributed by atoms with Gasteiger partial charge in [0, 0.05) is 12.1 Å². The summed E-state index contributed by atoms with van der Waals surface area (Å²) in [4.78, 5) is 24.3. The first-order valence-corrected chi connectivity index (χ1v) is 5.21. The highest BCUT2D eigenvalue weighted by molar-refractivity contribution is 6.03. The second-order valence-corrected chi connectivity index (χ2v) is 4.13. The van der Waals surface area contributed by atoms with Crippen LogP contribution in [0.1, 0.15) is 27.9 Å². The van der Waals surface area contributed by atoms with E-state index in [0.717, 1.165) is 42.5 Å². The van der Waals surface area contributed by atoms with E-state index in [2.05, 4.69) is 0 Å². The molecule has 0 N–H and O–H groups in total. The van der Waals surface area contributed by atoms with E-state index in [9.17, 15) is 9.59 Å². The molecule has 0 aromatic heterocycles. The summed E-state index contributed by atoms with van der Waals surface area (Å²) in [6.07, 6.45) is 3.30. The van der Waals surface area contributed by atoms with Crippen LogP contribution < -0.4 is 4.90 Å². The van der Waals surface area contributed by atoms with E-state index >= 15 is 0 Å². The van der Waals surface area contributed by atoms with Crippen molar-refractivity contribution in [3.63, 3.8) is 0 Å². The van der Waals surface area contributed by atoms with Gasteiger partial charge in [-0.05, 0) is 36.1 Å². The van der Waals surface area contributed by atoms with E-state index in [1.54, 1.807) is 0 Å². The number of carbonyl (C=O) groups is 2. The number of rotatable bonds is 1. The Labute approximate surface area is 87.7 Å². The lowest BCUT2D eigenvalue weighted by Gasteiger charge is -2.25. The van der Waals surface area contributed by atoms with Crippen LogP contribution in [0.3, 0.4) is 0 Å². The molecule has 0 atom stereocenters. The molecular weight excluding hydrogens is 190 g/mol. The maximum Gasteiger partial charge on any atom is 0.231 e. The smallest absolute Gasteiger partial charge is 0.231 e. The van der Waals surface area contributed by atoms with E-state index in [-0.39, 0.29) is 5.91 Å². The van der Waals surface area contributed by atoms with E-state index in [0.29, 0.717) is 12.0 Å². The van der Waals surface area contributed by atoms with Crippen LogP contribution in [0, 0.1) is 0 Å². The molecule has 1 aromatic carbocycles. The largest absolute Gasteiger partial charge is 0.312 e. The molecule has 0 unspecified atom stereocenters. The number of nitrogens with zero attached hydrogens (tertiary/aromatic N) is 1. The third-order valence-corrected chi connectivity index (χ3v) is 3.17. The molecule has 1 amide bonds. The third kappa shape index (κ3) is 1.12. The quantitative estimate of drug-likeness (QED) is 0.643. The van der Waals surface area contributed by atoms with Crippen molar-refractivity contribution in [2.75, 3.05) is 11.4 Å². The Kier molecular flexibility index (Phi) is 1.69. The summed E-state index contributed by atoms with van der Waals surface area (Å²) in [5, 5.41) is 0. The Hall–Kier alpha value is -1.64. The predicted octanol–water partition coefficient (Wildman–Crippen LogP) is 1.33. The topological polar surface area (TPSA) is 37.4 Å². The second kappa shape index (κ2) is 2.92. The molecule has 2 aliphatic rings. The number of benzene rings is 1. The van der Waals surface area contributed by atoms with Gasteiger partial charge in [-0.15, -0.1) is 0 Å². The van der Waals surface area contributed by atoms with Gasteiger partial charge in [0.2, 0.25) is 5.91 Å². The lowest BCUT2D eigenvalue weighted by Crippen LogP contribution is -2.31. The van der Waals surface area contributed by atoms with Crippen LogP contribution in [-0.4, -0.2) is 18.7 Å². The first-order valence-electron chi connectivity index (χ1n) is 5.21. The molecule has 0 fully saturated rings. The van der Waals surface area contributed by atoms with Gasteiger partial charge >= 0.3 is 0 Å². The summed E-state index contributed by atoms with van der Waals surface area (Å²) in [5.74, 6) is 0.175. The lowest BCUT2D eigenvalue weighted by atomic mass is 9.97. The number of anilines is 1. The first-order chi connectivity index (χ1) is 7.29. The normalized spacial score (nSPS) is 17.9. The van der Waals surface area contributed by atoms with Gasteiger partial charge < -0.3 is 4.90 Å². The predicted molar refractivity (Wildman–Crippen MR) is 56.2 cm³/mol. The van der Waals surface area contributed by atoms with Gasteiger partial charge in [-0.2, -0.15) is 0 Å². The van der Waals surface area contributed by atoms with Crippen LogP contribution in [0.4, 0.5) is 5.69 Å². The molecule has 0 bridgehead atoms. The van der Waals surface area contributed by atoms with Crippen molar-refractivity contribution in [3.05, 3.63) is 28.8 Å². The van der Waals surface area contributed by atoms with E-state index in [1.165, 1.54) is 0 Å². The molecule has 0 radical (unpaired) electrons. The minimum atomic E-state index is 0.175. The molecule has 2 heterocycles. The maximum absolute atomic E-state index is 11.7. The summed E-state index contributed by atoms with van der Waals surface area (Å²) in [5.41, 5.74) is 3.96. The van der Waals surface area contributed by atoms with Gasteiger partial charge in [0.25, 0.3) is 0 Å². The average Bonchev–Trinajstić information content (AvgIpc) is 2.58. The highest BCUT2D eigenvalue weighted by Gasteiger charge is 2.32. The van der Waals surface area contributed by atoms with Gasteiger partial charge in [-0.1, -0.05) is 0 Å².